The van der Waals surface area contributed by atoms with Gasteiger partial charge in [-0.3, -0.25) is 9.48 Å². The zero-order valence-corrected chi connectivity index (χ0v) is 9.63. The predicted octanol–water partition coefficient (Wildman–Crippen LogP) is 1.44. The van der Waals surface area contributed by atoms with E-state index < -0.39 is 12.1 Å². The van der Waals surface area contributed by atoms with Gasteiger partial charge in [0.2, 0.25) is 0 Å². The third-order valence-corrected chi connectivity index (χ3v) is 2.48. The van der Waals surface area contributed by atoms with Crippen molar-refractivity contribution in [2.24, 2.45) is 5.92 Å². The summed E-state index contributed by atoms with van der Waals surface area (Å²) in [5.74, 6) is -1.20. The second kappa shape index (κ2) is 5.65. The average molecular weight is 226 g/mol. The van der Waals surface area contributed by atoms with Crippen molar-refractivity contribution >= 4 is 5.97 Å². The molecule has 0 spiro atoms. The smallest absolute Gasteiger partial charge is 0.303 e. The topological polar surface area (TPSA) is 75.4 Å². The van der Waals surface area contributed by atoms with E-state index in [2.05, 4.69) is 5.10 Å². The summed E-state index contributed by atoms with van der Waals surface area (Å²) in [5.41, 5.74) is 0.683. The Kier molecular flexibility index (Phi) is 4.49. The summed E-state index contributed by atoms with van der Waals surface area (Å²) in [5, 5.41) is 22.6. The molecule has 5 heteroatoms. The van der Waals surface area contributed by atoms with Crippen molar-refractivity contribution in [2.75, 3.05) is 0 Å². The quantitative estimate of drug-likeness (QED) is 0.769. The van der Waals surface area contributed by atoms with Crippen molar-refractivity contribution in [1.82, 2.24) is 9.78 Å². The normalized spacial score (nSPS) is 14.7. The number of aryl methyl sites for hydroxylation is 1. The highest BCUT2D eigenvalue weighted by molar-refractivity contribution is 5.67. The molecule has 0 amide bonds. The van der Waals surface area contributed by atoms with Crippen molar-refractivity contribution in [3.05, 3.63) is 18.0 Å². The lowest BCUT2D eigenvalue weighted by molar-refractivity contribution is -0.139. The SMILES string of the molecule is CCCn1cc(C(O)C(C)CC(=O)O)cn1. The molecule has 0 aliphatic heterocycles. The van der Waals surface area contributed by atoms with Gasteiger partial charge in [-0.25, -0.2) is 0 Å². The van der Waals surface area contributed by atoms with Gasteiger partial charge in [0.25, 0.3) is 0 Å². The molecule has 1 heterocycles. The lowest BCUT2D eigenvalue weighted by Crippen LogP contribution is -2.13. The minimum Gasteiger partial charge on any atom is -0.481 e. The fourth-order valence-corrected chi connectivity index (χ4v) is 1.60. The van der Waals surface area contributed by atoms with Crippen LogP contribution in [0.4, 0.5) is 0 Å². The standard InChI is InChI=1S/C11H18N2O3/c1-3-4-13-7-9(6-12-13)11(16)8(2)5-10(14)15/h6-8,11,16H,3-5H2,1-2H3,(H,14,15). The molecule has 2 unspecified atom stereocenters. The Balaban J connectivity index is 2.64. The van der Waals surface area contributed by atoms with Crippen LogP contribution >= 0.6 is 0 Å². The number of aliphatic hydroxyl groups excluding tert-OH is 1. The molecule has 16 heavy (non-hydrogen) atoms. The minimum absolute atomic E-state index is 0.0415. The van der Waals surface area contributed by atoms with E-state index in [-0.39, 0.29) is 12.3 Å². The number of carboxylic acids is 1. The Bertz CT molecular complexity index is 349. The molecule has 0 radical (unpaired) electrons. The average Bonchev–Trinajstić information content (AvgIpc) is 2.64. The Labute approximate surface area is 94.7 Å². The van der Waals surface area contributed by atoms with E-state index in [1.165, 1.54) is 0 Å². The molecule has 0 fully saturated rings. The highest BCUT2D eigenvalue weighted by atomic mass is 16.4. The van der Waals surface area contributed by atoms with Crippen LogP contribution in [0, 0.1) is 5.92 Å². The second-order valence-corrected chi connectivity index (χ2v) is 4.06. The minimum atomic E-state index is -0.896. The Hall–Kier alpha value is -1.36. The second-order valence-electron chi connectivity index (χ2n) is 4.06. The van der Waals surface area contributed by atoms with Crippen LogP contribution in [0.15, 0.2) is 12.4 Å². The monoisotopic (exact) mass is 226 g/mol. The molecule has 5 nitrogen and oxygen atoms in total. The predicted molar refractivity (Wildman–Crippen MR) is 58.9 cm³/mol. The molecule has 1 aromatic rings. The summed E-state index contributed by atoms with van der Waals surface area (Å²) < 4.78 is 1.76. The van der Waals surface area contributed by atoms with E-state index in [1.54, 1.807) is 24.0 Å². The van der Waals surface area contributed by atoms with Crippen LogP contribution in [0.1, 0.15) is 38.4 Å². The van der Waals surface area contributed by atoms with E-state index in [0.29, 0.717) is 5.56 Å². The number of hydrogen-bond acceptors (Lipinski definition) is 3. The molecule has 0 saturated heterocycles. The van der Waals surface area contributed by atoms with Gasteiger partial charge in [0, 0.05) is 18.3 Å². The molecule has 0 saturated carbocycles. The zero-order valence-electron chi connectivity index (χ0n) is 9.63. The van der Waals surface area contributed by atoms with Gasteiger partial charge < -0.3 is 10.2 Å². The Morgan fingerprint density at radius 1 is 1.62 bits per heavy atom. The Morgan fingerprint density at radius 3 is 2.88 bits per heavy atom. The van der Waals surface area contributed by atoms with Crippen molar-refractivity contribution in [3.63, 3.8) is 0 Å². The molecular formula is C11H18N2O3. The first kappa shape index (κ1) is 12.7. The lowest BCUT2D eigenvalue weighted by atomic mass is 9.97. The van der Waals surface area contributed by atoms with Gasteiger partial charge in [-0.2, -0.15) is 5.10 Å². The molecule has 2 N–H and O–H groups in total. The largest absolute Gasteiger partial charge is 0.481 e. The number of nitrogens with zero attached hydrogens (tertiary/aromatic N) is 2. The van der Waals surface area contributed by atoms with Gasteiger partial charge in [0.1, 0.15) is 0 Å². The number of aliphatic carboxylic acids is 1. The zero-order chi connectivity index (χ0) is 12.1. The number of hydrogen-bond donors (Lipinski definition) is 2. The number of aromatic nitrogens is 2. The van der Waals surface area contributed by atoms with E-state index in [1.807, 2.05) is 6.92 Å². The van der Waals surface area contributed by atoms with E-state index in [4.69, 9.17) is 5.11 Å². The maximum Gasteiger partial charge on any atom is 0.303 e. The molecule has 90 valence electrons. The van der Waals surface area contributed by atoms with Crippen LogP contribution in [0.5, 0.6) is 0 Å². The first-order valence-corrected chi connectivity index (χ1v) is 5.46. The fraction of sp³-hybridized carbons (Fsp3) is 0.636. The van der Waals surface area contributed by atoms with Crippen molar-refractivity contribution in [1.29, 1.82) is 0 Å². The van der Waals surface area contributed by atoms with Crippen LogP contribution in [-0.2, 0) is 11.3 Å². The van der Waals surface area contributed by atoms with Crippen LogP contribution in [-0.4, -0.2) is 26.0 Å². The molecule has 0 aliphatic carbocycles. The van der Waals surface area contributed by atoms with Crippen molar-refractivity contribution < 1.29 is 15.0 Å². The number of aliphatic hydroxyl groups is 1. The van der Waals surface area contributed by atoms with Gasteiger partial charge in [-0.05, 0) is 12.3 Å². The van der Waals surface area contributed by atoms with Gasteiger partial charge in [-0.15, -0.1) is 0 Å². The molecule has 1 aromatic heterocycles. The summed E-state index contributed by atoms with van der Waals surface area (Å²) in [6.45, 7) is 4.57. The number of carboxylic acid groups (broad SMARTS) is 1. The van der Waals surface area contributed by atoms with Crippen LogP contribution < -0.4 is 0 Å². The summed E-state index contributed by atoms with van der Waals surface area (Å²) >= 11 is 0. The number of carbonyl (C=O) groups is 1. The molecule has 2 atom stereocenters. The van der Waals surface area contributed by atoms with E-state index in [9.17, 15) is 9.90 Å². The van der Waals surface area contributed by atoms with Gasteiger partial charge in [0.15, 0.2) is 0 Å². The fourth-order valence-electron chi connectivity index (χ4n) is 1.60. The number of rotatable bonds is 6. The van der Waals surface area contributed by atoms with Crippen LogP contribution in [0.2, 0.25) is 0 Å². The highest BCUT2D eigenvalue weighted by Gasteiger charge is 2.20. The summed E-state index contributed by atoms with van der Waals surface area (Å²) in [4.78, 5) is 10.5. The molecule has 1 rings (SSSR count). The van der Waals surface area contributed by atoms with Crippen molar-refractivity contribution in [3.8, 4) is 0 Å². The maximum atomic E-state index is 10.5. The lowest BCUT2D eigenvalue weighted by Gasteiger charge is -2.15. The van der Waals surface area contributed by atoms with Crippen LogP contribution in [0.3, 0.4) is 0 Å². The summed E-state index contributed by atoms with van der Waals surface area (Å²) in [6, 6.07) is 0. The van der Waals surface area contributed by atoms with E-state index in [0.717, 1.165) is 13.0 Å². The first-order chi connectivity index (χ1) is 7.54. The Morgan fingerprint density at radius 2 is 2.31 bits per heavy atom. The van der Waals surface area contributed by atoms with Gasteiger partial charge in [-0.1, -0.05) is 13.8 Å². The first-order valence-electron chi connectivity index (χ1n) is 5.46. The third-order valence-electron chi connectivity index (χ3n) is 2.48. The third kappa shape index (κ3) is 3.34. The summed E-state index contributed by atoms with van der Waals surface area (Å²) in [6.07, 6.45) is 3.54. The molecule has 0 aromatic carbocycles. The maximum absolute atomic E-state index is 10.5. The molecular weight excluding hydrogens is 208 g/mol. The van der Waals surface area contributed by atoms with Gasteiger partial charge in [0.05, 0.1) is 18.7 Å². The van der Waals surface area contributed by atoms with E-state index >= 15 is 0 Å². The molecule has 0 aliphatic rings. The molecule has 0 bridgehead atoms. The van der Waals surface area contributed by atoms with Gasteiger partial charge >= 0.3 is 5.97 Å². The van der Waals surface area contributed by atoms with Crippen LogP contribution in [0.25, 0.3) is 0 Å². The highest BCUT2D eigenvalue weighted by Crippen LogP contribution is 2.23. The van der Waals surface area contributed by atoms with Crippen molar-refractivity contribution in [2.45, 2.75) is 39.3 Å². The summed E-state index contributed by atoms with van der Waals surface area (Å²) in [7, 11) is 0.